The topological polar surface area (TPSA) is 55.1 Å². The van der Waals surface area contributed by atoms with E-state index < -0.39 is 0 Å². The van der Waals surface area contributed by atoms with Gasteiger partial charge in [0.25, 0.3) is 5.56 Å². The van der Waals surface area contributed by atoms with Crippen LogP contribution in [-0.4, -0.2) is 21.3 Å². The third-order valence-corrected chi connectivity index (χ3v) is 4.65. The van der Waals surface area contributed by atoms with Gasteiger partial charge in [-0.2, -0.15) is 0 Å². The summed E-state index contributed by atoms with van der Waals surface area (Å²) < 4.78 is 1.59. The zero-order chi connectivity index (χ0) is 15.7. The molecule has 0 unspecified atom stereocenters. The number of aliphatic hydroxyl groups excluding tert-OH is 1. The van der Waals surface area contributed by atoms with Crippen LogP contribution in [0.3, 0.4) is 0 Å². The van der Waals surface area contributed by atoms with E-state index in [4.69, 9.17) is 0 Å². The molecule has 0 amide bonds. The zero-order valence-corrected chi connectivity index (χ0v) is 13.5. The maximum Gasteiger partial charge on any atom is 0.262 e. The molecule has 5 heteroatoms. The number of nitrogens with zero attached hydrogens (tertiary/aromatic N) is 2. The van der Waals surface area contributed by atoms with Gasteiger partial charge in [0.2, 0.25) is 0 Å². The number of hydrogen-bond donors (Lipinski definition) is 1. The normalized spacial score (nSPS) is 11.2. The predicted octanol–water partition coefficient (Wildman–Crippen LogP) is 2.99. The molecule has 3 rings (SSSR count). The summed E-state index contributed by atoms with van der Waals surface area (Å²) in [6.45, 7) is 4.23. The van der Waals surface area contributed by atoms with Crippen LogP contribution in [0, 0.1) is 6.92 Å². The average Bonchev–Trinajstić information content (AvgIpc) is 2.95. The maximum absolute atomic E-state index is 12.8. The van der Waals surface area contributed by atoms with Crippen molar-refractivity contribution in [3.05, 3.63) is 51.4 Å². The van der Waals surface area contributed by atoms with Crippen molar-refractivity contribution in [2.75, 3.05) is 6.61 Å². The zero-order valence-electron chi connectivity index (χ0n) is 12.7. The molecule has 0 atom stereocenters. The molecular weight excluding hydrogens is 296 g/mol. The lowest BCUT2D eigenvalue weighted by atomic mass is 10.0. The number of rotatable bonds is 4. The quantitative estimate of drug-likeness (QED) is 0.805. The molecule has 3 aromatic rings. The molecule has 0 aliphatic carbocycles. The molecule has 0 saturated heterocycles. The van der Waals surface area contributed by atoms with Crippen LogP contribution in [0.5, 0.6) is 0 Å². The monoisotopic (exact) mass is 314 g/mol. The average molecular weight is 314 g/mol. The number of aryl methyl sites for hydroxylation is 2. The van der Waals surface area contributed by atoms with Crippen LogP contribution in [0.15, 0.2) is 34.4 Å². The van der Waals surface area contributed by atoms with E-state index in [0.29, 0.717) is 11.8 Å². The molecule has 0 bridgehead atoms. The van der Waals surface area contributed by atoms with Crippen LogP contribution in [0.25, 0.3) is 21.3 Å². The molecule has 0 aliphatic heterocycles. The Hall–Kier alpha value is -1.98. The Balaban J connectivity index is 2.28. The Morgan fingerprint density at radius 1 is 1.27 bits per heavy atom. The Bertz CT molecular complexity index is 863. The van der Waals surface area contributed by atoms with Gasteiger partial charge < -0.3 is 5.11 Å². The van der Waals surface area contributed by atoms with Crippen LogP contribution in [0.2, 0.25) is 0 Å². The van der Waals surface area contributed by atoms with Crippen molar-refractivity contribution in [1.82, 2.24) is 9.55 Å². The lowest BCUT2D eigenvalue weighted by Gasteiger charge is -2.10. The first kappa shape index (κ1) is 14.9. The highest BCUT2D eigenvalue weighted by atomic mass is 32.1. The predicted molar refractivity (Wildman–Crippen MR) is 90.5 cm³/mol. The SMILES string of the molecule is CCc1nc2scc(-c3ccc(C)cc3)c2c(=O)n1CCO. The van der Waals surface area contributed by atoms with Crippen LogP contribution in [-0.2, 0) is 13.0 Å². The van der Waals surface area contributed by atoms with Crippen molar-refractivity contribution in [2.24, 2.45) is 0 Å². The van der Waals surface area contributed by atoms with Gasteiger partial charge in [-0.15, -0.1) is 11.3 Å². The fraction of sp³-hybridized carbons (Fsp3) is 0.294. The van der Waals surface area contributed by atoms with Gasteiger partial charge in [-0.25, -0.2) is 4.98 Å². The van der Waals surface area contributed by atoms with E-state index in [-0.39, 0.29) is 18.7 Å². The standard InChI is InChI=1S/C17H18N2O2S/c1-3-14-18-16-15(17(21)19(14)8-9-20)13(10-22-16)12-6-4-11(2)5-7-12/h4-7,10,20H,3,8-9H2,1-2H3. The van der Waals surface area contributed by atoms with E-state index >= 15 is 0 Å². The Morgan fingerprint density at radius 2 is 2.00 bits per heavy atom. The molecule has 4 nitrogen and oxygen atoms in total. The highest BCUT2D eigenvalue weighted by Crippen LogP contribution is 2.31. The van der Waals surface area contributed by atoms with Gasteiger partial charge in [-0.1, -0.05) is 36.8 Å². The number of fused-ring (bicyclic) bond motifs is 1. The van der Waals surface area contributed by atoms with Gasteiger partial charge in [0.15, 0.2) is 0 Å². The molecule has 0 aliphatic rings. The summed E-state index contributed by atoms with van der Waals surface area (Å²) in [6, 6.07) is 8.14. The molecule has 0 saturated carbocycles. The third kappa shape index (κ3) is 2.46. The Kier molecular flexibility index (Phi) is 4.09. The van der Waals surface area contributed by atoms with Crippen LogP contribution < -0.4 is 5.56 Å². The summed E-state index contributed by atoms with van der Waals surface area (Å²) in [6.07, 6.45) is 0.670. The first-order chi connectivity index (χ1) is 10.7. The van der Waals surface area contributed by atoms with Gasteiger partial charge in [0.1, 0.15) is 10.7 Å². The molecule has 0 radical (unpaired) electrons. The first-order valence-electron chi connectivity index (χ1n) is 7.34. The van der Waals surface area contributed by atoms with Gasteiger partial charge in [-0.05, 0) is 12.5 Å². The maximum atomic E-state index is 12.8. The molecule has 1 N–H and O–H groups in total. The van der Waals surface area contributed by atoms with Crippen molar-refractivity contribution < 1.29 is 5.11 Å². The Morgan fingerprint density at radius 3 is 2.64 bits per heavy atom. The fourth-order valence-corrected chi connectivity index (χ4v) is 3.57. The summed E-state index contributed by atoms with van der Waals surface area (Å²) in [5.41, 5.74) is 3.07. The van der Waals surface area contributed by atoms with Crippen molar-refractivity contribution in [1.29, 1.82) is 0 Å². The second-order valence-electron chi connectivity index (χ2n) is 5.26. The van der Waals surface area contributed by atoms with E-state index in [2.05, 4.69) is 4.98 Å². The van der Waals surface area contributed by atoms with Gasteiger partial charge in [0.05, 0.1) is 18.5 Å². The van der Waals surface area contributed by atoms with Crippen LogP contribution in [0.1, 0.15) is 18.3 Å². The number of aliphatic hydroxyl groups is 1. The smallest absolute Gasteiger partial charge is 0.262 e. The molecular formula is C17H18N2O2S. The molecule has 114 valence electrons. The minimum atomic E-state index is -0.0654. The summed E-state index contributed by atoms with van der Waals surface area (Å²) in [5, 5.41) is 11.9. The van der Waals surface area contributed by atoms with Crippen molar-refractivity contribution in [3.8, 4) is 11.1 Å². The molecule has 2 aromatic heterocycles. The lowest BCUT2D eigenvalue weighted by Crippen LogP contribution is -2.26. The molecule has 0 fully saturated rings. The van der Waals surface area contributed by atoms with E-state index in [0.717, 1.165) is 21.8 Å². The highest BCUT2D eigenvalue weighted by molar-refractivity contribution is 7.17. The number of hydrogen-bond acceptors (Lipinski definition) is 4. The van der Waals surface area contributed by atoms with E-state index in [1.807, 2.05) is 43.5 Å². The minimum Gasteiger partial charge on any atom is -0.395 e. The number of benzene rings is 1. The van der Waals surface area contributed by atoms with Crippen molar-refractivity contribution >= 4 is 21.6 Å². The molecule has 1 aromatic carbocycles. The van der Waals surface area contributed by atoms with Crippen LogP contribution in [0.4, 0.5) is 0 Å². The van der Waals surface area contributed by atoms with Gasteiger partial charge in [-0.3, -0.25) is 9.36 Å². The first-order valence-corrected chi connectivity index (χ1v) is 8.22. The van der Waals surface area contributed by atoms with Crippen molar-refractivity contribution in [2.45, 2.75) is 26.8 Å². The van der Waals surface area contributed by atoms with Crippen molar-refractivity contribution in [3.63, 3.8) is 0 Å². The van der Waals surface area contributed by atoms with Gasteiger partial charge >= 0.3 is 0 Å². The number of aromatic nitrogens is 2. The molecule has 22 heavy (non-hydrogen) atoms. The second-order valence-corrected chi connectivity index (χ2v) is 6.12. The highest BCUT2D eigenvalue weighted by Gasteiger charge is 2.16. The summed E-state index contributed by atoms with van der Waals surface area (Å²) >= 11 is 1.50. The summed E-state index contributed by atoms with van der Waals surface area (Å²) in [5.74, 6) is 0.726. The Labute approximate surface area is 132 Å². The summed E-state index contributed by atoms with van der Waals surface area (Å²) in [7, 11) is 0. The van der Waals surface area contributed by atoms with E-state index in [1.165, 1.54) is 16.9 Å². The largest absolute Gasteiger partial charge is 0.395 e. The van der Waals surface area contributed by atoms with E-state index in [1.54, 1.807) is 4.57 Å². The minimum absolute atomic E-state index is 0.0623. The third-order valence-electron chi connectivity index (χ3n) is 3.78. The van der Waals surface area contributed by atoms with Gasteiger partial charge in [0, 0.05) is 17.4 Å². The lowest BCUT2D eigenvalue weighted by molar-refractivity contribution is 0.272. The van der Waals surface area contributed by atoms with E-state index in [9.17, 15) is 9.90 Å². The fourth-order valence-electron chi connectivity index (χ4n) is 2.61. The molecule has 2 heterocycles. The van der Waals surface area contributed by atoms with Crippen LogP contribution >= 0.6 is 11.3 Å². The number of thiophene rings is 1. The second kappa shape index (κ2) is 6.02. The molecule has 0 spiro atoms. The summed E-state index contributed by atoms with van der Waals surface area (Å²) in [4.78, 5) is 18.2.